The molecule has 0 aliphatic heterocycles. The first-order chi connectivity index (χ1) is 9.55. The van der Waals surface area contributed by atoms with E-state index in [0.29, 0.717) is 32.1 Å². The summed E-state index contributed by atoms with van der Waals surface area (Å²) in [4.78, 5) is 0. The molecule has 0 heterocycles. The van der Waals surface area contributed by atoms with Crippen LogP contribution in [-0.2, 0) is 0 Å². The van der Waals surface area contributed by atoms with Crippen molar-refractivity contribution in [3.8, 4) is 11.5 Å². The Labute approximate surface area is 130 Å². The van der Waals surface area contributed by atoms with Crippen molar-refractivity contribution in [1.82, 2.24) is 0 Å². The Morgan fingerprint density at radius 1 is 1.10 bits per heavy atom. The summed E-state index contributed by atoms with van der Waals surface area (Å²) >= 11 is 1.90. The molecule has 0 saturated heterocycles. The minimum Gasteiger partial charge on any atom is -0.497 e. The maximum absolute atomic E-state index is 13.6. The second-order valence-corrected chi connectivity index (χ2v) is 5.21. The lowest BCUT2D eigenvalue weighted by Crippen LogP contribution is -2.00. The van der Waals surface area contributed by atoms with Gasteiger partial charge in [0.05, 0.1) is 34.9 Å². The third-order valence-corrected chi connectivity index (χ3v) is 3.60. The predicted octanol–water partition coefficient (Wildman–Crippen LogP) is 3.77. The Hall–Kier alpha value is -1.70. The van der Waals surface area contributed by atoms with Gasteiger partial charge in [0.1, 0.15) is 17.3 Å². The average molecular weight is 388 g/mol. The van der Waals surface area contributed by atoms with Gasteiger partial charge in [0.15, 0.2) is 0 Å². The van der Waals surface area contributed by atoms with Crippen molar-refractivity contribution in [3.05, 3.63) is 39.7 Å². The SMILES string of the molecule is COc1ccc(Nc2cc(F)c(I)cc2N)c(OC)c1. The molecule has 0 aromatic heterocycles. The molecular weight excluding hydrogens is 374 g/mol. The minimum atomic E-state index is -0.324. The first-order valence-corrected chi connectivity index (χ1v) is 6.86. The number of halogens is 2. The van der Waals surface area contributed by atoms with E-state index in [-0.39, 0.29) is 5.82 Å². The van der Waals surface area contributed by atoms with Crippen molar-refractivity contribution < 1.29 is 13.9 Å². The zero-order valence-electron chi connectivity index (χ0n) is 11.0. The summed E-state index contributed by atoms with van der Waals surface area (Å²) in [6.45, 7) is 0. The number of ether oxygens (including phenoxy) is 2. The number of benzene rings is 2. The molecule has 2 aromatic carbocycles. The van der Waals surface area contributed by atoms with Gasteiger partial charge in [0.25, 0.3) is 0 Å². The third-order valence-electron chi connectivity index (χ3n) is 2.77. The van der Waals surface area contributed by atoms with Crippen molar-refractivity contribution >= 4 is 39.7 Å². The maximum Gasteiger partial charge on any atom is 0.145 e. The van der Waals surface area contributed by atoms with Gasteiger partial charge in [-0.05, 0) is 40.8 Å². The van der Waals surface area contributed by atoms with Crippen LogP contribution in [0.25, 0.3) is 0 Å². The van der Waals surface area contributed by atoms with Crippen LogP contribution >= 0.6 is 22.6 Å². The molecule has 0 fully saturated rings. The van der Waals surface area contributed by atoms with E-state index < -0.39 is 0 Å². The normalized spacial score (nSPS) is 10.2. The summed E-state index contributed by atoms with van der Waals surface area (Å²) in [7, 11) is 3.13. The first kappa shape index (κ1) is 14.7. The van der Waals surface area contributed by atoms with Crippen molar-refractivity contribution in [2.45, 2.75) is 0 Å². The fourth-order valence-electron chi connectivity index (χ4n) is 1.72. The lowest BCUT2D eigenvalue weighted by molar-refractivity contribution is 0.395. The highest BCUT2D eigenvalue weighted by Crippen LogP contribution is 2.34. The Kier molecular flexibility index (Phi) is 4.53. The molecule has 2 aromatic rings. The summed E-state index contributed by atoms with van der Waals surface area (Å²) in [5.74, 6) is 0.937. The van der Waals surface area contributed by atoms with E-state index in [1.54, 1.807) is 38.5 Å². The average Bonchev–Trinajstić information content (AvgIpc) is 2.45. The van der Waals surface area contributed by atoms with Crippen LogP contribution in [0.4, 0.5) is 21.5 Å². The number of anilines is 3. The Bertz CT molecular complexity index is 635. The molecule has 3 N–H and O–H groups in total. The number of nitrogens with one attached hydrogen (secondary N) is 1. The number of methoxy groups -OCH3 is 2. The van der Waals surface area contributed by atoms with E-state index in [1.807, 2.05) is 22.6 Å². The van der Waals surface area contributed by atoms with Gasteiger partial charge in [0.2, 0.25) is 0 Å². The van der Waals surface area contributed by atoms with Gasteiger partial charge in [-0.3, -0.25) is 0 Å². The number of rotatable bonds is 4. The molecule has 0 unspecified atom stereocenters. The van der Waals surface area contributed by atoms with Gasteiger partial charge >= 0.3 is 0 Å². The van der Waals surface area contributed by atoms with E-state index in [1.165, 1.54) is 6.07 Å². The van der Waals surface area contributed by atoms with Crippen LogP contribution in [-0.4, -0.2) is 14.2 Å². The molecule has 106 valence electrons. The second kappa shape index (κ2) is 6.17. The fraction of sp³-hybridized carbons (Fsp3) is 0.143. The van der Waals surface area contributed by atoms with Crippen LogP contribution in [0.3, 0.4) is 0 Å². The van der Waals surface area contributed by atoms with Crippen molar-refractivity contribution in [1.29, 1.82) is 0 Å². The second-order valence-electron chi connectivity index (χ2n) is 4.04. The van der Waals surface area contributed by atoms with Crippen LogP contribution in [0, 0.1) is 9.39 Å². The first-order valence-electron chi connectivity index (χ1n) is 5.78. The molecule has 0 aliphatic carbocycles. The molecule has 20 heavy (non-hydrogen) atoms. The molecule has 0 radical (unpaired) electrons. The van der Waals surface area contributed by atoms with Crippen molar-refractivity contribution in [3.63, 3.8) is 0 Å². The quantitative estimate of drug-likeness (QED) is 0.619. The Morgan fingerprint density at radius 3 is 2.50 bits per heavy atom. The lowest BCUT2D eigenvalue weighted by Gasteiger charge is -2.14. The zero-order chi connectivity index (χ0) is 14.7. The van der Waals surface area contributed by atoms with Crippen molar-refractivity contribution in [2.24, 2.45) is 0 Å². The molecule has 2 rings (SSSR count). The predicted molar refractivity (Wildman–Crippen MR) is 86.4 cm³/mol. The van der Waals surface area contributed by atoms with Gasteiger partial charge in [-0.25, -0.2) is 4.39 Å². The van der Waals surface area contributed by atoms with E-state index in [9.17, 15) is 4.39 Å². The van der Waals surface area contributed by atoms with Gasteiger partial charge in [-0.15, -0.1) is 0 Å². The van der Waals surface area contributed by atoms with Gasteiger partial charge in [-0.2, -0.15) is 0 Å². The molecule has 0 saturated carbocycles. The molecule has 0 atom stereocenters. The van der Waals surface area contributed by atoms with Crippen LogP contribution in [0.1, 0.15) is 0 Å². The topological polar surface area (TPSA) is 56.5 Å². The van der Waals surface area contributed by atoms with Crippen LogP contribution in [0.5, 0.6) is 11.5 Å². The molecule has 0 aliphatic rings. The van der Waals surface area contributed by atoms with Gasteiger partial charge < -0.3 is 20.5 Å². The number of hydrogen-bond donors (Lipinski definition) is 2. The summed E-state index contributed by atoms with van der Waals surface area (Å²) in [6.07, 6.45) is 0. The summed E-state index contributed by atoms with van der Waals surface area (Å²) in [5.41, 5.74) is 7.53. The highest BCUT2D eigenvalue weighted by molar-refractivity contribution is 14.1. The molecule has 4 nitrogen and oxygen atoms in total. The van der Waals surface area contributed by atoms with Crippen molar-refractivity contribution in [2.75, 3.05) is 25.3 Å². The molecule has 0 amide bonds. The minimum absolute atomic E-state index is 0.324. The standard InChI is InChI=1S/C14H14FIN2O2/c1-19-8-3-4-12(14(5-8)20-2)18-13-6-9(15)10(16)7-11(13)17/h3-7,18H,17H2,1-2H3. The van der Waals surface area contributed by atoms with E-state index in [4.69, 9.17) is 15.2 Å². The molecular formula is C14H14FIN2O2. The number of hydrogen-bond acceptors (Lipinski definition) is 4. The van der Waals surface area contributed by atoms with Gasteiger partial charge in [0, 0.05) is 12.1 Å². The highest BCUT2D eigenvalue weighted by atomic mass is 127. The third kappa shape index (κ3) is 3.06. The Balaban J connectivity index is 2.37. The molecule has 0 spiro atoms. The number of nitrogen functional groups attached to an aromatic ring is 1. The fourth-order valence-corrected chi connectivity index (χ4v) is 2.21. The van der Waals surface area contributed by atoms with Crippen LogP contribution in [0.2, 0.25) is 0 Å². The van der Waals surface area contributed by atoms with E-state index >= 15 is 0 Å². The molecule has 0 bridgehead atoms. The maximum atomic E-state index is 13.6. The summed E-state index contributed by atoms with van der Waals surface area (Å²) in [5, 5.41) is 3.06. The number of nitrogens with two attached hydrogens (primary N) is 1. The highest BCUT2D eigenvalue weighted by Gasteiger charge is 2.10. The van der Waals surface area contributed by atoms with Gasteiger partial charge in [-0.1, -0.05) is 0 Å². The Morgan fingerprint density at radius 2 is 1.85 bits per heavy atom. The summed E-state index contributed by atoms with van der Waals surface area (Å²) in [6, 6.07) is 8.24. The van der Waals surface area contributed by atoms with E-state index in [2.05, 4.69) is 5.32 Å². The van der Waals surface area contributed by atoms with Crippen LogP contribution in [0.15, 0.2) is 30.3 Å². The lowest BCUT2D eigenvalue weighted by atomic mass is 10.2. The zero-order valence-corrected chi connectivity index (χ0v) is 13.2. The summed E-state index contributed by atoms with van der Waals surface area (Å²) < 4.78 is 24.5. The van der Waals surface area contributed by atoms with Crippen LogP contribution < -0.4 is 20.5 Å². The molecule has 6 heteroatoms. The smallest absolute Gasteiger partial charge is 0.145 e. The van der Waals surface area contributed by atoms with E-state index in [0.717, 1.165) is 0 Å². The monoisotopic (exact) mass is 388 g/mol. The largest absolute Gasteiger partial charge is 0.497 e.